The summed E-state index contributed by atoms with van der Waals surface area (Å²) in [5, 5.41) is 0. The van der Waals surface area contributed by atoms with Crippen LogP contribution in [0.5, 0.6) is 0 Å². The first-order valence-electron chi connectivity index (χ1n) is 6.18. The van der Waals surface area contributed by atoms with E-state index in [1.54, 1.807) is 0 Å². The van der Waals surface area contributed by atoms with Crippen LogP contribution in [0.4, 0.5) is 0 Å². The molecule has 1 saturated carbocycles. The maximum absolute atomic E-state index is 12.1. The molecule has 1 aliphatic heterocycles. The third kappa shape index (κ3) is 1.88. The molecular formula is C15H15IO2. The number of halogens is 1. The Bertz CT molecular complexity index is 506. The van der Waals surface area contributed by atoms with Crippen molar-refractivity contribution in [3.63, 3.8) is 0 Å². The lowest BCUT2D eigenvalue weighted by Crippen LogP contribution is -2.31. The lowest BCUT2D eigenvalue weighted by atomic mass is 9.75. The molecule has 2 aliphatic rings. The molecule has 94 valence electrons. The Labute approximate surface area is 121 Å². The number of cyclic esters (lactones) is 1. The van der Waals surface area contributed by atoms with Gasteiger partial charge in [0.05, 0.1) is 12.0 Å². The zero-order chi connectivity index (χ0) is 12.8. The Morgan fingerprint density at radius 2 is 2.11 bits per heavy atom. The van der Waals surface area contributed by atoms with E-state index < -0.39 is 0 Å². The highest BCUT2D eigenvalue weighted by Gasteiger charge is 2.55. The number of hydrogen-bond donors (Lipinski definition) is 0. The predicted molar refractivity (Wildman–Crippen MR) is 78.1 cm³/mol. The molecule has 3 rings (SSSR count). The van der Waals surface area contributed by atoms with E-state index >= 15 is 0 Å². The molecule has 2 unspecified atom stereocenters. The molecule has 0 aromatic heterocycles. The van der Waals surface area contributed by atoms with Crippen LogP contribution in [0.15, 0.2) is 36.4 Å². The van der Waals surface area contributed by atoms with Crippen LogP contribution < -0.4 is 0 Å². The summed E-state index contributed by atoms with van der Waals surface area (Å²) in [5.74, 6) is 0.307. The van der Waals surface area contributed by atoms with Gasteiger partial charge < -0.3 is 4.74 Å². The van der Waals surface area contributed by atoms with E-state index in [1.807, 2.05) is 0 Å². The fourth-order valence-corrected chi connectivity index (χ4v) is 3.59. The number of allylic oxidation sites excluding steroid dienone is 1. The largest absolute Gasteiger partial charge is 0.465 e. The van der Waals surface area contributed by atoms with Crippen molar-refractivity contribution in [2.24, 2.45) is 11.3 Å². The van der Waals surface area contributed by atoms with Crippen LogP contribution in [-0.4, -0.2) is 12.6 Å². The second kappa shape index (κ2) is 4.37. The maximum Gasteiger partial charge on any atom is 0.313 e. The van der Waals surface area contributed by atoms with Gasteiger partial charge in [-0.3, -0.25) is 4.79 Å². The molecule has 3 heteroatoms. The molecule has 0 spiro atoms. The summed E-state index contributed by atoms with van der Waals surface area (Å²) >= 11 is 2.29. The minimum absolute atomic E-state index is 0.0234. The van der Waals surface area contributed by atoms with Gasteiger partial charge in [0.25, 0.3) is 0 Å². The molecule has 1 heterocycles. The van der Waals surface area contributed by atoms with Crippen molar-refractivity contribution < 1.29 is 9.53 Å². The summed E-state index contributed by atoms with van der Waals surface area (Å²) in [5.41, 5.74) is 2.08. The normalized spacial score (nSPS) is 30.4. The van der Waals surface area contributed by atoms with Crippen molar-refractivity contribution in [3.05, 3.63) is 45.6 Å². The fraction of sp³-hybridized carbons (Fsp3) is 0.400. The molecule has 0 amide bonds. The number of fused-ring (bicyclic) bond motifs is 1. The molecule has 1 aromatic carbocycles. The Morgan fingerprint density at radius 3 is 2.83 bits per heavy atom. The minimum Gasteiger partial charge on any atom is -0.465 e. The number of esters is 1. The number of ether oxygens (including phenoxy) is 1. The quantitative estimate of drug-likeness (QED) is 0.463. The second-order valence-electron chi connectivity index (χ2n) is 5.39. The molecule has 0 bridgehead atoms. The van der Waals surface area contributed by atoms with Gasteiger partial charge in [-0.25, -0.2) is 0 Å². The van der Waals surface area contributed by atoms with E-state index in [1.165, 1.54) is 14.7 Å². The Balaban J connectivity index is 1.91. The average Bonchev–Trinajstić information content (AvgIpc) is 2.79. The van der Waals surface area contributed by atoms with Crippen LogP contribution in [0.3, 0.4) is 0 Å². The van der Waals surface area contributed by atoms with Gasteiger partial charge in [0.1, 0.15) is 0 Å². The first-order chi connectivity index (χ1) is 8.60. The highest BCUT2D eigenvalue weighted by molar-refractivity contribution is 14.1. The van der Waals surface area contributed by atoms with E-state index in [4.69, 9.17) is 4.74 Å². The minimum atomic E-state index is -0.329. The summed E-state index contributed by atoms with van der Waals surface area (Å²) < 4.78 is 6.50. The van der Waals surface area contributed by atoms with Gasteiger partial charge >= 0.3 is 5.97 Å². The Hall–Kier alpha value is -0.840. The molecule has 0 radical (unpaired) electrons. The number of carbonyl (C=O) groups excluding carboxylic acids is 1. The van der Waals surface area contributed by atoms with Crippen LogP contribution in [0, 0.1) is 14.9 Å². The summed E-state index contributed by atoms with van der Waals surface area (Å²) in [4.78, 5) is 12.1. The molecular weight excluding hydrogens is 339 g/mol. The Morgan fingerprint density at radius 1 is 1.39 bits per heavy atom. The van der Waals surface area contributed by atoms with Crippen molar-refractivity contribution in [2.75, 3.05) is 6.61 Å². The summed E-state index contributed by atoms with van der Waals surface area (Å²) in [7, 11) is 0. The third-order valence-electron chi connectivity index (χ3n) is 4.14. The van der Waals surface area contributed by atoms with Gasteiger partial charge in [-0.2, -0.15) is 0 Å². The number of carbonyl (C=O) groups is 1. The SMILES string of the molecule is C=C1CC2COC(=O)C2(Cc2ccc(I)cc2)C1. The standard InChI is InChI=1S/C15H15IO2/c1-10-6-12-9-18-14(17)15(12,7-10)8-11-2-4-13(16)5-3-11/h2-5,12H,1,6-9H2. The molecule has 2 nitrogen and oxygen atoms in total. The van der Waals surface area contributed by atoms with Crippen molar-refractivity contribution in [3.8, 4) is 0 Å². The van der Waals surface area contributed by atoms with E-state index in [0.717, 1.165) is 19.3 Å². The predicted octanol–water partition coefficient (Wildman–Crippen LogP) is 3.34. The van der Waals surface area contributed by atoms with Gasteiger partial charge in [-0.05, 0) is 59.5 Å². The fourth-order valence-electron chi connectivity index (χ4n) is 3.23. The van der Waals surface area contributed by atoms with Crippen LogP contribution in [0.1, 0.15) is 18.4 Å². The van der Waals surface area contributed by atoms with Crippen LogP contribution in [0.25, 0.3) is 0 Å². The van der Waals surface area contributed by atoms with Crippen molar-refractivity contribution in [2.45, 2.75) is 19.3 Å². The monoisotopic (exact) mass is 354 g/mol. The molecule has 2 atom stereocenters. The number of benzene rings is 1. The lowest BCUT2D eigenvalue weighted by Gasteiger charge is -2.23. The molecule has 1 aromatic rings. The molecule has 18 heavy (non-hydrogen) atoms. The molecule has 0 N–H and O–H groups in total. The second-order valence-corrected chi connectivity index (χ2v) is 6.63. The smallest absolute Gasteiger partial charge is 0.313 e. The highest BCUT2D eigenvalue weighted by Crippen LogP contribution is 2.52. The van der Waals surface area contributed by atoms with E-state index in [9.17, 15) is 4.79 Å². The van der Waals surface area contributed by atoms with Gasteiger partial charge in [-0.15, -0.1) is 0 Å². The van der Waals surface area contributed by atoms with Crippen LogP contribution >= 0.6 is 22.6 Å². The molecule has 1 aliphatic carbocycles. The van der Waals surface area contributed by atoms with Crippen molar-refractivity contribution in [1.29, 1.82) is 0 Å². The van der Waals surface area contributed by atoms with Gasteiger partial charge in [-0.1, -0.05) is 24.3 Å². The summed E-state index contributed by atoms with van der Waals surface area (Å²) in [6.07, 6.45) is 2.52. The topological polar surface area (TPSA) is 26.3 Å². The molecule has 1 saturated heterocycles. The maximum atomic E-state index is 12.1. The van der Waals surface area contributed by atoms with E-state index in [2.05, 4.69) is 53.4 Å². The highest BCUT2D eigenvalue weighted by atomic mass is 127. The van der Waals surface area contributed by atoms with Gasteiger partial charge in [0.2, 0.25) is 0 Å². The summed E-state index contributed by atoms with van der Waals surface area (Å²) in [6, 6.07) is 8.40. The Kier molecular flexibility index (Phi) is 2.96. The lowest BCUT2D eigenvalue weighted by molar-refractivity contribution is -0.146. The van der Waals surface area contributed by atoms with E-state index in [0.29, 0.717) is 12.5 Å². The zero-order valence-corrected chi connectivity index (χ0v) is 12.3. The van der Waals surface area contributed by atoms with E-state index in [-0.39, 0.29) is 11.4 Å². The molecule has 2 fully saturated rings. The first kappa shape index (κ1) is 12.2. The zero-order valence-electron chi connectivity index (χ0n) is 10.1. The van der Waals surface area contributed by atoms with Crippen LogP contribution in [-0.2, 0) is 16.0 Å². The number of hydrogen-bond acceptors (Lipinski definition) is 2. The average molecular weight is 354 g/mol. The van der Waals surface area contributed by atoms with Crippen LogP contribution in [0.2, 0.25) is 0 Å². The van der Waals surface area contributed by atoms with Gasteiger partial charge in [0.15, 0.2) is 0 Å². The van der Waals surface area contributed by atoms with Gasteiger partial charge in [0, 0.05) is 9.49 Å². The first-order valence-corrected chi connectivity index (χ1v) is 7.26. The summed E-state index contributed by atoms with van der Waals surface area (Å²) in [6.45, 7) is 4.63. The van der Waals surface area contributed by atoms with Crippen molar-refractivity contribution >= 4 is 28.6 Å². The number of rotatable bonds is 2. The van der Waals surface area contributed by atoms with Crippen molar-refractivity contribution in [1.82, 2.24) is 0 Å². The third-order valence-corrected chi connectivity index (χ3v) is 4.86.